The van der Waals surface area contributed by atoms with Gasteiger partial charge in [0, 0.05) is 5.56 Å². The summed E-state index contributed by atoms with van der Waals surface area (Å²) in [5, 5.41) is 10.7. The number of fused-ring (bicyclic) bond motifs is 1. The number of aliphatic hydroxyl groups is 1. The first-order valence-electron chi connectivity index (χ1n) is 5.63. The van der Waals surface area contributed by atoms with Crippen LogP contribution in [0.5, 0.6) is 0 Å². The summed E-state index contributed by atoms with van der Waals surface area (Å²) in [5.74, 6) is -2.44. The molecule has 0 aromatic heterocycles. The highest BCUT2D eigenvalue weighted by atomic mass is 17.2. The van der Waals surface area contributed by atoms with E-state index in [1.54, 1.807) is 26.0 Å². The maximum Gasteiger partial charge on any atom is 0.317 e. The van der Waals surface area contributed by atoms with E-state index in [0.29, 0.717) is 5.56 Å². The van der Waals surface area contributed by atoms with Gasteiger partial charge in [0.15, 0.2) is 0 Å². The van der Waals surface area contributed by atoms with Crippen molar-refractivity contribution in [3.05, 3.63) is 35.4 Å². The van der Waals surface area contributed by atoms with Crippen molar-refractivity contribution in [3.63, 3.8) is 0 Å². The molecule has 0 spiro atoms. The van der Waals surface area contributed by atoms with Gasteiger partial charge in [-0.2, -0.15) is 4.89 Å². The fourth-order valence-corrected chi connectivity index (χ4v) is 2.03. The predicted molar refractivity (Wildman–Crippen MR) is 62.0 cm³/mol. The van der Waals surface area contributed by atoms with Gasteiger partial charge < -0.3 is 9.84 Å². The maximum absolute atomic E-state index is 11.8. The fraction of sp³-hybridized carbons (Fsp3) is 0.462. The van der Waals surface area contributed by atoms with Crippen LogP contribution in [0, 0.1) is 5.41 Å². The van der Waals surface area contributed by atoms with Crippen LogP contribution >= 0.6 is 0 Å². The molecule has 5 nitrogen and oxygen atoms in total. The molecule has 1 N–H and O–H groups in total. The van der Waals surface area contributed by atoms with Crippen LogP contribution in [0.15, 0.2) is 24.3 Å². The summed E-state index contributed by atoms with van der Waals surface area (Å²) in [6, 6.07) is 7.13. The van der Waals surface area contributed by atoms with Gasteiger partial charge in [-0.3, -0.25) is 4.79 Å². The van der Waals surface area contributed by atoms with Gasteiger partial charge in [0.25, 0.3) is 0 Å². The highest BCUT2D eigenvalue weighted by Crippen LogP contribution is 2.45. The third-order valence-corrected chi connectivity index (χ3v) is 3.32. The van der Waals surface area contributed by atoms with Gasteiger partial charge in [-0.15, -0.1) is 0 Å². The molecule has 98 valence electrons. The fourth-order valence-electron chi connectivity index (χ4n) is 2.03. The van der Waals surface area contributed by atoms with Gasteiger partial charge in [0.1, 0.15) is 12.0 Å². The van der Waals surface area contributed by atoms with E-state index in [4.69, 9.17) is 14.5 Å². The van der Waals surface area contributed by atoms with Gasteiger partial charge >= 0.3 is 5.97 Å². The molecule has 0 saturated heterocycles. The molecule has 0 amide bonds. The van der Waals surface area contributed by atoms with E-state index in [0.717, 1.165) is 5.56 Å². The molecule has 0 saturated carbocycles. The zero-order valence-corrected chi connectivity index (χ0v) is 10.6. The zero-order chi connectivity index (χ0) is 13.4. The Morgan fingerprint density at radius 2 is 2.11 bits per heavy atom. The quantitative estimate of drug-likeness (QED) is 0.638. The average Bonchev–Trinajstić information content (AvgIpc) is 2.38. The molecule has 1 aliphatic heterocycles. The summed E-state index contributed by atoms with van der Waals surface area (Å²) in [5.41, 5.74) is 0.00743. The normalized spacial score (nSPS) is 23.3. The lowest BCUT2D eigenvalue weighted by atomic mass is 9.77. The largest absolute Gasteiger partial charge is 0.468 e. The third kappa shape index (κ3) is 1.71. The molecule has 1 unspecified atom stereocenters. The lowest BCUT2D eigenvalue weighted by molar-refractivity contribution is -0.466. The minimum absolute atomic E-state index is 0.232. The molecule has 0 fully saturated rings. The molecule has 1 heterocycles. The first-order valence-corrected chi connectivity index (χ1v) is 5.63. The number of carbonyl (C=O) groups excluding carboxylic acids is 1. The maximum atomic E-state index is 11.8. The van der Waals surface area contributed by atoms with Crippen LogP contribution in [-0.2, 0) is 31.7 Å². The van der Waals surface area contributed by atoms with Crippen LogP contribution in [0.4, 0.5) is 0 Å². The number of esters is 1. The second-order valence-electron chi connectivity index (χ2n) is 4.76. The summed E-state index contributed by atoms with van der Waals surface area (Å²) < 4.78 is 4.71. The van der Waals surface area contributed by atoms with E-state index in [1.165, 1.54) is 7.11 Å². The van der Waals surface area contributed by atoms with Crippen molar-refractivity contribution < 1.29 is 24.4 Å². The van der Waals surface area contributed by atoms with Crippen molar-refractivity contribution in [3.8, 4) is 0 Å². The number of benzene rings is 1. The van der Waals surface area contributed by atoms with E-state index in [-0.39, 0.29) is 6.61 Å². The molecule has 0 radical (unpaired) electrons. The average molecular weight is 252 g/mol. The number of ether oxygens (including phenoxy) is 1. The Balaban J connectivity index is 2.53. The second kappa shape index (κ2) is 4.35. The Morgan fingerprint density at radius 1 is 1.44 bits per heavy atom. The van der Waals surface area contributed by atoms with E-state index in [1.807, 2.05) is 12.1 Å². The standard InChI is InChI=1S/C13H16O5/c1-12(2,11(14)16-3)13(15)10-7-5-4-6-9(10)8-17-18-13/h4-7,15H,8H2,1-3H3. The van der Waals surface area contributed by atoms with E-state index >= 15 is 0 Å². The highest BCUT2D eigenvalue weighted by molar-refractivity contribution is 5.77. The third-order valence-electron chi connectivity index (χ3n) is 3.32. The number of hydrogen-bond acceptors (Lipinski definition) is 5. The molecule has 1 aromatic carbocycles. The number of methoxy groups -OCH3 is 1. The summed E-state index contributed by atoms with van der Waals surface area (Å²) in [7, 11) is 1.27. The smallest absolute Gasteiger partial charge is 0.317 e. The Bertz CT molecular complexity index is 468. The molecule has 1 aliphatic rings. The van der Waals surface area contributed by atoms with Crippen LogP contribution in [0.25, 0.3) is 0 Å². The molecule has 0 aliphatic carbocycles. The van der Waals surface area contributed by atoms with Crippen LogP contribution in [0.1, 0.15) is 25.0 Å². The molecule has 2 rings (SSSR count). The minimum Gasteiger partial charge on any atom is -0.468 e. The Morgan fingerprint density at radius 3 is 2.78 bits per heavy atom. The Hall–Kier alpha value is -1.43. The van der Waals surface area contributed by atoms with Gasteiger partial charge in [0.05, 0.1) is 7.11 Å². The molecule has 5 heteroatoms. The number of hydrogen-bond donors (Lipinski definition) is 1. The van der Waals surface area contributed by atoms with Crippen LogP contribution < -0.4 is 0 Å². The minimum atomic E-state index is -1.87. The lowest BCUT2D eigenvalue weighted by Gasteiger charge is -2.41. The van der Waals surface area contributed by atoms with E-state index in [9.17, 15) is 9.90 Å². The predicted octanol–water partition coefficient (Wildman–Crippen LogP) is 1.49. The molecule has 1 aromatic rings. The van der Waals surface area contributed by atoms with Crippen LogP contribution in [0.3, 0.4) is 0 Å². The topological polar surface area (TPSA) is 65.0 Å². The van der Waals surface area contributed by atoms with E-state index in [2.05, 4.69) is 0 Å². The van der Waals surface area contributed by atoms with Crippen molar-refractivity contribution in [2.24, 2.45) is 5.41 Å². The summed E-state index contributed by atoms with van der Waals surface area (Å²) in [6.45, 7) is 3.32. The van der Waals surface area contributed by atoms with E-state index < -0.39 is 17.2 Å². The summed E-state index contributed by atoms with van der Waals surface area (Å²) in [6.07, 6.45) is 0. The Labute approximate surface area is 105 Å². The van der Waals surface area contributed by atoms with Gasteiger partial charge in [-0.1, -0.05) is 24.3 Å². The zero-order valence-electron chi connectivity index (χ0n) is 10.6. The molecule has 1 atom stereocenters. The van der Waals surface area contributed by atoms with Crippen molar-refractivity contribution >= 4 is 5.97 Å². The van der Waals surface area contributed by atoms with Crippen LogP contribution in [0.2, 0.25) is 0 Å². The molecular weight excluding hydrogens is 236 g/mol. The number of rotatable bonds is 2. The van der Waals surface area contributed by atoms with Crippen molar-refractivity contribution in [2.75, 3.05) is 7.11 Å². The van der Waals surface area contributed by atoms with Gasteiger partial charge in [0.2, 0.25) is 5.79 Å². The molecule has 18 heavy (non-hydrogen) atoms. The highest BCUT2D eigenvalue weighted by Gasteiger charge is 2.56. The van der Waals surface area contributed by atoms with Gasteiger partial charge in [-0.05, 0) is 19.4 Å². The van der Waals surface area contributed by atoms with Crippen molar-refractivity contribution in [1.82, 2.24) is 0 Å². The summed E-state index contributed by atoms with van der Waals surface area (Å²) >= 11 is 0. The first kappa shape index (κ1) is 13.0. The molecular formula is C13H16O5. The van der Waals surface area contributed by atoms with Crippen LogP contribution in [-0.4, -0.2) is 18.2 Å². The lowest BCUT2D eigenvalue weighted by Crippen LogP contribution is -2.51. The van der Waals surface area contributed by atoms with Crippen molar-refractivity contribution in [2.45, 2.75) is 26.2 Å². The number of carbonyl (C=O) groups is 1. The molecule has 0 bridgehead atoms. The van der Waals surface area contributed by atoms with Gasteiger partial charge in [-0.25, -0.2) is 4.89 Å². The van der Waals surface area contributed by atoms with Crippen molar-refractivity contribution in [1.29, 1.82) is 0 Å². The SMILES string of the molecule is COC(=O)C(C)(C)C1(O)OOCc2ccccc21. The summed E-state index contributed by atoms with van der Waals surface area (Å²) in [4.78, 5) is 21.8. The first-order chi connectivity index (χ1) is 8.43. The monoisotopic (exact) mass is 252 g/mol. The second-order valence-corrected chi connectivity index (χ2v) is 4.76. The Kier molecular flexibility index (Phi) is 3.14.